The molecule has 2 heteroatoms. The van der Waals surface area contributed by atoms with Crippen molar-refractivity contribution in [1.82, 2.24) is 10.3 Å². The Morgan fingerprint density at radius 3 is 3.00 bits per heavy atom. The van der Waals surface area contributed by atoms with Crippen LogP contribution in [-0.4, -0.2) is 17.6 Å². The Balaban J connectivity index is 1.57. The van der Waals surface area contributed by atoms with Crippen LogP contribution in [0.2, 0.25) is 0 Å². The summed E-state index contributed by atoms with van der Waals surface area (Å²) in [6, 6.07) is 11.4. The number of nitrogens with zero attached hydrogens (tertiary/aromatic N) is 1. The minimum atomic E-state index is 0.728. The number of hydrogen-bond donors (Lipinski definition) is 1. The van der Waals surface area contributed by atoms with Crippen LogP contribution in [0, 0.1) is 5.92 Å². The van der Waals surface area contributed by atoms with Crippen molar-refractivity contribution in [3.8, 4) is 0 Å². The SMILES string of the molecule is CCC1CCCC(NCCc2cccc3cccnc23)C1. The third-order valence-electron chi connectivity index (χ3n) is 4.90. The van der Waals surface area contributed by atoms with Crippen molar-refractivity contribution >= 4 is 10.9 Å². The summed E-state index contributed by atoms with van der Waals surface area (Å²) in [6.07, 6.45) is 9.85. The second-order valence-electron chi connectivity index (χ2n) is 6.33. The molecular formula is C19H26N2. The van der Waals surface area contributed by atoms with Gasteiger partial charge in [-0.2, -0.15) is 0 Å². The van der Waals surface area contributed by atoms with E-state index in [-0.39, 0.29) is 0 Å². The van der Waals surface area contributed by atoms with Crippen molar-refractivity contribution < 1.29 is 0 Å². The molecule has 1 aromatic heterocycles. The summed E-state index contributed by atoms with van der Waals surface area (Å²) in [5.41, 5.74) is 2.53. The molecule has 2 aromatic rings. The molecule has 0 amide bonds. The summed E-state index contributed by atoms with van der Waals surface area (Å²) in [5.74, 6) is 0.940. The Morgan fingerprint density at radius 2 is 2.10 bits per heavy atom. The average molecular weight is 282 g/mol. The van der Waals surface area contributed by atoms with Gasteiger partial charge in [0.15, 0.2) is 0 Å². The highest BCUT2D eigenvalue weighted by Crippen LogP contribution is 2.26. The molecule has 2 unspecified atom stereocenters. The molecule has 0 spiro atoms. The molecule has 1 fully saturated rings. The first-order valence-electron chi connectivity index (χ1n) is 8.43. The maximum absolute atomic E-state index is 4.54. The van der Waals surface area contributed by atoms with E-state index in [0.29, 0.717) is 0 Å². The Labute approximate surface area is 128 Å². The fourth-order valence-corrected chi connectivity index (χ4v) is 3.63. The quantitative estimate of drug-likeness (QED) is 0.882. The molecule has 1 aliphatic carbocycles. The Bertz CT molecular complexity index is 573. The fourth-order valence-electron chi connectivity index (χ4n) is 3.63. The maximum atomic E-state index is 4.54. The molecule has 2 atom stereocenters. The monoisotopic (exact) mass is 282 g/mol. The van der Waals surface area contributed by atoms with Gasteiger partial charge >= 0.3 is 0 Å². The van der Waals surface area contributed by atoms with Crippen LogP contribution in [0.4, 0.5) is 0 Å². The van der Waals surface area contributed by atoms with Gasteiger partial charge in [-0.25, -0.2) is 0 Å². The van der Waals surface area contributed by atoms with Crippen LogP contribution >= 0.6 is 0 Å². The lowest BCUT2D eigenvalue weighted by Crippen LogP contribution is -2.35. The van der Waals surface area contributed by atoms with Gasteiger partial charge in [0.25, 0.3) is 0 Å². The van der Waals surface area contributed by atoms with Gasteiger partial charge in [-0.1, -0.05) is 50.5 Å². The zero-order chi connectivity index (χ0) is 14.5. The van der Waals surface area contributed by atoms with Gasteiger partial charge in [-0.3, -0.25) is 4.98 Å². The normalized spacial score (nSPS) is 22.5. The number of fused-ring (bicyclic) bond motifs is 1. The first kappa shape index (κ1) is 14.5. The molecule has 112 valence electrons. The molecule has 1 aromatic carbocycles. The van der Waals surface area contributed by atoms with Crippen molar-refractivity contribution in [3.05, 3.63) is 42.1 Å². The largest absolute Gasteiger partial charge is 0.314 e. The average Bonchev–Trinajstić information content (AvgIpc) is 2.55. The summed E-state index contributed by atoms with van der Waals surface area (Å²) in [4.78, 5) is 4.54. The Morgan fingerprint density at radius 1 is 1.19 bits per heavy atom. The predicted octanol–water partition coefficient (Wildman–Crippen LogP) is 4.34. The van der Waals surface area contributed by atoms with Gasteiger partial charge in [0.05, 0.1) is 5.52 Å². The number of para-hydroxylation sites is 1. The van der Waals surface area contributed by atoms with Crippen molar-refractivity contribution in [2.75, 3.05) is 6.54 Å². The van der Waals surface area contributed by atoms with Gasteiger partial charge in [-0.05, 0) is 43.4 Å². The van der Waals surface area contributed by atoms with Crippen LogP contribution in [0.15, 0.2) is 36.5 Å². The molecule has 3 rings (SSSR count). The zero-order valence-corrected chi connectivity index (χ0v) is 13.0. The van der Waals surface area contributed by atoms with E-state index in [0.717, 1.165) is 30.4 Å². The van der Waals surface area contributed by atoms with E-state index >= 15 is 0 Å². The van der Waals surface area contributed by atoms with Crippen LogP contribution in [0.3, 0.4) is 0 Å². The minimum Gasteiger partial charge on any atom is -0.314 e. The van der Waals surface area contributed by atoms with Crippen LogP contribution in [0.5, 0.6) is 0 Å². The van der Waals surface area contributed by atoms with Crippen LogP contribution in [-0.2, 0) is 6.42 Å². The molecule has 1 N–H and O–H groups in total. The van der Waals surface area contributed by atoms with Gasteiger partial charge in [0, 0.05) is 17.6 Å². The highest BCUT2D eigenvalue weighted by Gasteiger charge is 2.19. The molecule has 0 aliphatic heterocycles. The molecule has 2 nitrogen and oxygen atoms in total. The van der Waals surface area contributed by atoms with Gasteiger partial charge in [0.2, 0.25) is 0 Å². The molecular weight excluding hydrogens is 256 g/mol. The molecule has 1 heterocycles. The second kappa shape index (κ2) is 7.04. The lowest BCUT2D eigenvalue weighted by atomic mass is 9.84. The smallest absolute Gasteiger partial charge is 0.0734 e. The van der Waals surface area contributed by atoms with Gasteiger partial charge in [0.1, 0.15) is 0 Å². The van der Waals surface area contributed by atoms with E-state index in [1.165, 1.54) is 43.1 Å². The number of hydrogen-bond acceptors (Lipinski definition) is 2. The fraction of sp³-hybridized carbons (Fsp3) is 0.526. The van der Waals surface area contributed by atoms with Crippen molar-refractivity contribution in [2.24, 2.45) is 5.92 Å². The topological polar surface area (TPSA) is 24.9 Å². The third kappa shape index (κ3) is 3.62. The lowest BCUT2D eigenvalue weighted by Gasteiger charge is -2.29. The molecule has 1 aliphatic rings. The second-order valence-corrected chi connectivity index (χ2v) is 6.33. The number of aromatic nitrogens is 1. The van der Waals surface area contributed by atoms with Crippen molar-refractivity contribution in [1.29, 1.82) is 0 Å². The maximum Gasteiger partial charge on any atom is 0.0734 e. The van der Waals surface area contributed by atoms with E-state index in [2.05, 4.69) is 41.5 Å². The predicted molar refractivity (Wildman–Crippen MR) is 89.5 cm³/mol. The molecule has 0 radical (unpaired) electrons. The molecule has 21 heavy (non-hydrogen) atoms. The number of pyridine rings is 1. The summed E-state index contributed by atoms with van der Waals surface area (Å²) in [5, 5.41) is 5.02. The Kier molecular flexibility index (Phi) is 4.87. The van der Waals surface area contributed by atoms with E-state index < -0.39 is 0 Å². The standard InChI is InChI=1S/C19H26N2/c1-2-15-6-3-10-18(14-15)20-13-11-17-8-4-7-16-9-5-12-21-19(16)17/h4-5,7-9,12,15,18,20H,2-3,6,10-11,13-14H2,1H3. The van der Waals surface area contributed by atoms with E-state index in [1.54, 1.807) is 0 Å². The summed E-state index contributed by atoms with van der Waals surface area (Å²) >= 11 is 0. The summed E-state index contributed by atoms with van der Waals surface area (Å²) < 4.78 is 0. The molecule has 0 saturated heterocycles. The zero-order valence-electron chi connectivity index (χ0n) is 13.0. The van der Waals surface area contributed by atoms with E-state index in [1.807, 2.05) is 12.3 Å². The number of nitrogens with one attached hydrogen (secondary N) is 1. The van der Waals surface area contributed by atoms with E-state index in [9.17, 15) is 0 Å². The summed E-state index contributed by atoms with van der Waals surface area (Å²) in [7, 11) is 0. The minimum absolute atomic E-state index is 0.728. The van der Waals surface area contributed by atoms with Crippen LogP contribution in [0.25, 0.3) is 10.9 Å². The molecule has 1 saturated carbocycles. The van der Waals surface area contributed by atoms with Gasteiger partial charge in [-0.15, -0.1) is 0 Å². The van der Waals surface area contributed by atoms with Crippen molar-refractivity contribution in [3.63, 3.8) is 0 Å². The van der Waals surface area contributed by atoms with Crippen LogP contribution in [0.1, 0.15) is 44.6 Å². The highest BCUT2D eigenvalue weighted by molar-refractivity contribution is 5.81. The highest BCUT2D eigenvalue weighted by atomic mass is 14.9. The lowest BCUT2D eigenvalue weighted by molar-refractivity contribution is 0.280. The van der Waals surface area contributed by atoms with Gasteiger partial charge < -0.3 is 5.32 Å². The third-order valence-corrected chi connectivity index (χ3v) is 4.90. The Hall–Kier alpha value is -1.41. The number of rotatable bonds is 5. The first-order chi connectivity index (χ1) is 10.4. The van der Waals surface area contributed by atoms with E-state index in [4.69, 9.17) is 0 Å². The van der Waals surface area contributed by atoms with Crippen LogP contribution < -0.4 is 5.32 Å². The number of benzene rings is 1. The summed E-state index contributed by atoms with van der Waals surface area (Å²) in [6.45, 7) is 3.39. The van der Waals surface area contributed by atoms with Crippen molar-refractivity contribution in [2.45, 2.75) is 51.5 Å². The first-order valence-corrected chi connectivity index (χ1v) is 8.43. The molecule has 0 bridgehead atoms.